The van der Waals surface area contributed by atoms with Crippen molar-refractivity contribution in [1.82, 2.24) is 0 Å². The summed E-state index contributed by atoms with van der Waals surface area (Å²) in [5, 5.41) is 10.2. The molecular weight excluding hydrogens is 160 g/mol. The largest absolute Gasteiger partial charge is 0.385 e. The van der Waals surface area contributed by atoms with Crippen molar-refractivity contribution in [3.63, 3.8) is 0 Å². The topological polar surface area (TPSA) is 20.2 Å². The molecule has 0 spiro atoms. The van der Waals surface area contributed by atoms with Gasteiger partial charge in [0.15, 0.2) is 0 Å². The van der Waals surface area contributed by atoms with Crippen molar-refractivity contribution in [2.45, 2.75) is 32.8 Å². The maximum absolute atomic E-state index is 10.2. The predicted molar refractivity (Wildman–Crippen MR) is 55.5 cm³/mol. The predicted octanol–water partition coefficient (Wildman–Crippen LogP) is 2.94. The number of rotatable bonds is 3. The van der Waals surface area contributed by atoms with Gasteiger partial charge >= 0.3 is 0 Å². The third kappa shape index (κ3) is 2.85. The summed E-state index contributed by atoms with van der Waals surface area (Å²) >= 11 is 0. The fourth-order valence-electron chi connectivity index (χ4n) is 1.71. The van der Waals surface area contributed by atoms with Crippen LogP contribution in [0.25, 0.3) is 0 Å². The molecule has 0 aliphatic heterocycles. The maximum atomic E-state index is 10.2. The third-order valence-corrected chi connectivity index (χ3v) is 2.20. The van der Waals surface area contributed by atoms with E-state index < -0.39 is 5.60 Å². The van der Waals surface area contributed by atoms with Crippen molar-refractivity contribution in [2.24, 2.45) is 5.92 Å². The molecule has 1 nitrogen and oxygen atoms in total. The van der Waals surface area contributed by atoms with Crippen LogP contribution in [0.2, 0.25) is 0 Å². The molecule has 1 aromatic carbocycles. The molecule has 0 unspecified atom stereocenters. The molecule has 0 aliphatic carbocycles. The van der Waals surface area contributed by atoms with Crippen LogP contribution in [-0.2, 0) is 5.60 Å². The monoisotopic (exact) mass is 178 g/mol. The molecule has 0 amide bonds. The van der Waals surface area contributed by atoms with E-state index in [-0.39, 0.29) is 0 Å². The van der Waals surface area contributed by atoms with E-state index in [2.05, 4.69) is 13.8 Å². The first-order chi connectivity index (χ1) is 6.02. The van der Waals surface area contributed by atoms with Gasteiger partial charge in [0.1, 0.15) is 0 Å². The van der Waals surface area contributed by atoms with Crippen LogP contribution in [0, 0.1) is 5.92 Å². The summed E-state index contributed by atoms with van der Waals surface area (Å²) in [5.74, 6) is 0.509. The van der Waals surface area contributed by atoms with Crippen molar-refractivity contribution in [1.29, 1.82) is 0 Å². The second kappa shape index (κ2) is 3.93. The molecule has 1 rings (SSSR count). The lowest BCUT2D eigenvalue weighted by Crippen LogP contribution is -2.23. The molecule has 0 saturated carbocycles. The van der Waals surface area contributed by atoms with E-state index >= 15 is 0 Å². The normalized spacial score (nSPS) is 15.8. The molecule has 0 heterocycles. The van der Waals surface area contributed by atoms with Crippen LogP contribution in [0.15, 0.2) is 30.3 Å². The summed E-state index contributed by atoms with van der Waals surface area (Å²) in [6, 6.07) is 9.84. The first-order valence-corrected chi connectivity index (χ1v) is 4.80. The Morgan fingerprint density at radius 2 is 1.77 bits per heavy atom. The Labute approximate surface area is 80.4 Å². The van der Waals surface area contributed by atoms with Crippen LogP contribution in [0.3, 0.4) is 0 Å². The molecule has 0 aromatic heterocycles. The van der Waals surface area contributed by atoms with Gasteiger partial charge in [-0.25, -0.2) is 0 Å². The highest BCUT2D eigenvalue weighted by Crippen LogP contribution is 2.27. The van der Waals surface area contributed by atoms with Gasteiger partial charge in [-0.3, -0.25) is 0 Å². The molecule has 1 aromatic rings. The zero-order valence-corrected chi connectivity index (χ0v) is 8.62. The molecule has 0 aliphatic rings. The van der Waals surface area contributed by atoms with Gasteiger partial charge in [0.2, 0.25) is 0 Å². The summed E-state index contributed by atoms with van der Waals surface area (Å²) in [5.41, 5.74) is 0.318. The van der Waals surface area contributed by atoms with E-state index in [0.29, 0.717) is 5.92 Å². The zero-order valence-electron chi connectivity index (χ0n) is 8.62. The molecule has 1 N–H and O–H groups in total. The van der Waals surface area contributed by atoms with Gasteiger partial charge < -0.3 is 5.11 Å². The Morgan fingerprint density at radius 1 is 1.23 bits per heavy atom. The molecule has 0 fully saturated rings. The van der Waals surface area contributed by atoms with E-state index in [9.17, 15) is 5.11 Å². The van der Waals surface area contributed by atoms with Gasteiger partial charge in [-0.2, -0.15) is 0 Å². The van der Waals surface area contributed by atoms with E-state index in [1.54, 1.807) is 0 Å². The standard InChI is InChI=1S/C12H18O/c1-10(2)9-12(3,13)11-7-5-4-6-8-11/h4-8,10,13H,9H2,1-3H3/t12-/m0/s1. The van der Waals surface area contributed by atoms with Crippen LogP contribution in [0.5, 0.6) is 0 Å². The maximum Gasteiger partial charge on any atom is 0.0871 e. The summed E-state index contributed by atoms with van der Waals surface area (Å²) < 4.78 is 0. The van der Waals surface area contributed by atoms with Crippen LogP contribution < -0.4 is 0 Å². The van der Waals surface area contributed by atoms with Crippen molar-refractivity contribution >= 4 is 0 Å². The van der Waals surface area contributed by atoms with E-state index in [1.165, 1.54) is 0 Å². The Bertz CT molecular complexity index is 249. The fourth-order valence-corrected chi connectivity index (χ4v) is 1.71. The zero-order chi connectivity index (χ0) is 9.90. The number of aliphatic hydroxyl groups is 1. The second-order valence-electron chi connectivity index (χ2n) is 4.24. The minimum Gasteiger partial charge on any atom is -0.385 e. The first-order valence-electron chi connectivity index (χ1n) is 4.80. The number of hydrogen-bond acceptors (Lipinski definition) is 1. The Balaban J connectivity index is 2.81. The van der Waals surface area contributed by atoms with Crippen LogP contribution in [0.1, 0.15) is 32.8 Å². The molecule has 13 heavy (non-hydrogen) atoms. The highest BCUT2D eigenvalue weighted by molar-refractivity contribution is 5.21. The molecule has 0 radical (unpaired) electrons. The summed E-state index contributed by atoms with van der Waals surface area (Å²) in [7, 11) is 0. The van der Waals surface area contributed by atoms with Gasteiger partial charge in [0.25, 0.3) is 0 Å². The van der Waals surface area contributed by atoms with Gasteiger partial charge in [0.05, 0.1) is 5.60 Å². The smallest absolute Gasteiger partial charge is 0.0871 e. The minimum atomic E-state index is -0.685. The first kappa shape index (κ1) is 10.3. The van der Waals surface area contributed by atoms with E-state index in [4.69, 9.17) is 0 Å². The SMILES string of the molecule is CC(C)C[C@](C)(O)c1ccccc1. The van der Waals surface area contributed by atoms with Crippen LogP contribution >= 0.6 is 0 Å². The van der Waals surface area contributed by atoms with Crippen LogP contribution in [0.4, 0.5) is 0 Å². The van der Waals surface area contributed by atoms with Gasteiger partial charge in [0, 0.05) is 0 Å². The average Bonchev–Trinajstić information content (AvgIpc) is 2.04. The summed E-state index contributed by atoms with van der Waals surface area (Å²) in [6.07, 6.45) is 0.803. The quantitative estimate of drug-likeness (QED) is 0.754. The van der Waals surface area contributed by atoms with Crippen molar-refractivity contribution in [3.05, 3.63) is 35.9 Å². The molecular formula is C12H18O. The number of hydrogen-bond donors (Lipinski definition) is 1. The highest BCUT2D eigenvalue weighted by atomic mass is 16.3. The van der Waals surface area contributed by atoms with Gasteiger partial charge in [-0.05, 0) is 24.8 Å². The summed E-state index contributed by atoms with van der Waals surface area (Å²) in [6.45, 7) is 6.12. The lowest BCUT2D eigenvalue weighted by Gasteiger charge is -2.25. The molecule has 72 valence electrons. The Kier molecular flexibility index (Phi) is 3.10. The second-order valence-corrected chi connectivity index (χ2v) is 4.24. The van der Waals surface area contributed by atoms with Crippen molar-refractivity contribution in [2.75, 3.05) is 0 Å². The van der Waals surface area contributed by atoms with Gasteiger partial charge in [-0.1, -0.05) is 44.2 Å². The van der Waals surface area contributed by atoms with Crippen LogP contribution in [-0.4, -0.2) is 5.11 Å². The van der Waals surface area contributed by atoms with Crippen molar-refractivity contribution < 1.29 is 5.11 Å². The highest BCUT2D eigenvalue weighted by Gasteiger charge is 2.23. The molecule has 0 saturated heterocycles. The fraction of sp³-hybridized carbons (Fsp3) is 0.500. The Morgan fingerprint density at radius 3 is 2.23 bits per heavy atom. The number of benzene rings is 1. The molecule has 1 heteroatoms. The Hall–Kier alpha value is -0.820. The van der Waals surface area contributed by atoms with Gasteiger partial charge in [-0.15, -0.1) is 0 Å². The summed E-state index contributed by atoms with van der Waals surface area (Å²) in [4.78, 5) is 0. The average molecular weight is 178 g/mol. The third-order valence-electron chi connectivity index (χ3n) is 2.20. The minimum absolute atomic E-state index is 0.509. The van der Waals surface area contributed by atoms with E-state index in [1.807, 2.05) is 37.3 Å². The lowest BCUT2D eigenvalue weighted by molar-refractivity contribution is 0.0349. The van der Waals surface area contributed by atoms with Crippen molar-refractivity contribution in [3.8, 4) is 0 Å². The molecule has 0 bridgehead atoms. The lowest BCUT2D eigenvalue weighted by atomic mass is 9.88. The van der Waals surface area contributed by atoms with E-state index in [0.717, 1.165) is 12.0 Å². The molecule has 1 atom stereocenters.